The molecule has 54 valence electrons. The quantitative estimate of drug-likeness (QED) is 0.528. The number of unbranched alkanes of at least 4 members (excludes halogenated alkanes) is 1. The van der Waals surface area contributed by atoms with E-state index in [0.29, 0.717) is 0 Å². The predicted octanol–water partition coefficient (Wildman–Crippen LogP) is 0.477. The fourth-order valence-corrected chi connectivity index (χ4v) is 0.863. The summed E-state index contributed by atoms with van der Waals surface area (Å²) >= 11 is 0. The first kappa shape index (κ1) is 7.03. The Morgan fingerprint density at radius 2 is 2.11 bits per heavy atom. The van der Waals surface area contributed by atoms with Crippen molar-refractivity contribution in [3.63, 3.8) is 0 Å². The topological polar surface area (TPSA) is 38.0 Å². The fraction of sp³-hybridized carbons (Fsp3) is 1.00. The minimum absolute atomic E-state index is 0.840. The molecule has 9 heavy (non-hydrogen) atoms. The lowest BCUT2D eigenvalue weighted by Gasteiger charge is -1.99. The van der Waals surface area contributed by atoms with E-state index in [1.54, 1.807) is 0 Å². The van der Waals surface area contributed by atoms with Crippen molar-refractivity contribution < 1.29 is 0 Å². The molecule has 1 rings (SSSR count). The molecule has 0 aromatic rings. The smallest absolute Gasteiger partial charge is 0.00682 e. The molecule has 0 atom stereocenters. The molecule has 1 aliphatic rings. The molecule has 2 heteroatoms. The number of nitrogens with one attached hydrogen (secondary N) is 1. The van der Waals surface area contributed by atoms with Crippen molar-refractivity contribution in [2.45, 2.75) is 31.7 Å². The average Bonchev–Trinajstić information content (AvgIpc) is 2.63. The van der Waals surface area contributed by atoms with Gasteiger partial charge in [0.25, 0.3) is 0 Å². The van der Waals surface area contributed by atoms with Gasteiger partial charge in [-0.05, 0) is 38.8 Å². The van der Waals surface area contributed by atoms with E-state index >= 15 is 0 Å². The average molecular weight is 128 g/mol. The zero-order valence-electron chi connectivity index (χ0n) is 5.90. The lowest BCUT2D eigenvalue weighted by molar-refractivity contribution is 0.624. The number of rotatable bonds is 5. The molecule has 2 nitrogen and oxygen atoms in total. The Kier molecular flexibility index (Phi) is 3.01. The molecule has 0 amide bonds. The van der Waals surface area contributed by atoms with Crippen molar-refractivity contribution in [1.29, 1.82) is 0 Å². The molecule has 1 aliphatic carbocycles. The van der Waals surface area contributed by atoms with Crippen LogP contribution < -0.4 is 11.1 Å². The van der Waals surface area contributed by atoms with Gasteiger partial charge in [0.1, 0.15) is 0 Å². The Hall–Kier alpha value is -0.0800. The van der Waals surface area contributed by atoms with E-state index in [0.717, 1.165) is 12.6 Å². The normalized spacial score (nSPS) is 18.3. The monoisotopic (exact) mass is 128 g/mol. The first-order valence-corrected chi connectivity index (χ1v) is 3.87. The van der Waals surface area contributed by atoms with Crippen molar-refractivity contribution in [2.75, 3.05) is 13.1 Å². The molecule has 0 spiro atoms. The zero-order chi connectivity index (χ0) is 6.53. The minimum Gasteiger partial charge on any atom is -0.330 e. The van der Waals surface area contributed by atoms with Crippen LogP contribution >= 0.6 is 0 Å². The van der Waals surface area contributed by atoms with Crippen molar-refractivity contribution in [2.24, 2.45) is 5.73 Å². The van der Waals surface area contributed by atoms with E-state index in [1.165, 1.54) is 32.2 Å². The van der Waals surface area contributed by atoms with E-state index < -0.39 is 0 Å². The summed E-state index contributed by atoms with van der Waals surface area (Å²) in [6.45, 7) is 2.01. The van der Waals surface area contributed by atoms with Crippen LogP contribution in [0.5, 0.6) is 0 Å². The molecule has 0 aromatic heterocycles. The summed E-state index contributed by atoms with van der Waals surface area (Å²) in [5, 5.41) is 3.44. The highest BCUT2D eigenvalue weighted by Gasteiger charge is 2.19. The number of hydrogen-bond acceptors (Lipinski definition) is 2. The van der Waals surface area contributed by atoms with Crippen molar-refractivity contribution in [3.8, 4) is 0 Å². The Balaban J connectivity index is 1.71. The lowest BCUT2D eigenvalue weighted by atomic mass is 10.3. The van der Waals surface area contributed by atoms with E-state index in [4.69, 9.17) is 5.73 Å². The second kappa shape index (κ2) is 3.85. The Bertz CT molecular complexity index is 69.3. The molecule has 3 N–H and O–H groups in total. The maximum atomic E-state index is 5.33. The third-order valence-corrected chi connectivity index (χ3v) is 1.64. The lowest BCUT2D eigenvalue weighted by Crippen LogP contribution is -2.18. The summed E-state index contributed by atoms with van der Waals surface area (Å²) in [5.74, 6) is 0. The van der Waals surface area contributed by atoms with Gasteiger partial charge in [0.15, 0.2) is 0 Å². The standard InChI is InChI=1S/C7H16N2/c8-5-1-2-6-9-7-3-4-7/h7,9H,1-6,8H2. The van der Waals surface area contributed by atoms with Crippen LogP contribution in [0, 0.1) is 0 Å². The van der Waals surface area contributed by atoms with Gasteiger partial charge >= 0.3 is 0 Å². The van der Waals surface area contributed by atoms with Crippen LogP contribution in [0.3, 0.4) is 0 Å². The summed E-state index contributed by atoms with van der Waals surface area (Å²) in [7, 11) is 0. The molecule has 0 saturated heterocycles. The van der Waals surface area contributed by atoms with Gasteiger partial charge in [-0.25, -0.2) is 0 Å². The zero-order valence-corrected chi connectivity index (χ0v) is 5.90. The summed E-state index contributed by atoms with van der Waals surface area (Å²) in [5.41, 5.74) is 5.33. The van der Waals surface area contributed by atoms with Crippen LogP contribution in [0.25, 0.3) is 0 Å². The molecular weight excluding hydrogens is 112 g/mol. The molecule has 0 bridgehead atoms. The van der Waals surface area contributed by atoms with Crippen molar-refractivity contribution >= 4 is 0 Å². The van der Waals surface area contributed by atoms with E-state index in [1.807, 2.05) is 0 Å². The van der Waals surface area contributed by atoms with Gasteiger partial charge in [0, 0.05) is 6.04 Å². The number of hydrogen-bond donors (Lipinski definition) is 2. The van der Waals surface area contributed by atoms with Gasteiger partial charge in [-0.2, -0.15) is 0 Å². The van der Waals surface area contributed by atoms with Gasteiger partial charge in [-0.1, -0.05) is 0 Å². The molecule has 1 fully saturated rings. The van der Waals surface area contributed by atoms with Gasteiger partial charge in [-0.3, -0.25) is 0 Å². The highest BCUT2D eigenvalue weighted by atomic mass is 14.9. The van der Waals surface area contributed by atoms with Gasteiger partial charge in [-0.15, -0.1) is 0 Å². The van der Waals surface area contributed by atoms with Crippen molar-refractivity contribution in [1.82, 2.24) is 5.32 Å². The molecule has 1 saturated carbocycles. The second-order valence-electron chi connectivity index (χ2n) is 2.72. The first-order valence-electron chi connectivity index (χ1n) is 3.87. The highest BCUT2D eigenvalue weighted by Crippen LogP contribution is 2.18. The summed E-state index contributed by atoms with van der Waals surface area (Å²) in [4.78, 5) is 0. The largest absolute Gasteiger partial charge is 0.330 e. The summed E-state index contributed by atoms with van der Waals surface area (Å²) in [6, 6.07) is 0.864. The molecule has 0 unspecified atom stereocenters. The molecular formula is C7H16N2. The van der Waals surface area contributed by atoms with Crippen LogP contribution in [0.15, 0.2) is 0 Å². The molecule has 0 aliphatic heterocycles. The second-order valence-corrected chi connectivity index (χ2v) is 2.72. The predicted molar refractivity (Wildman–Crippen MR) is 39.3 cm³/mol. The first-order chi connectivity index (χ1) is 4.43. The maximum Gasteiger partial charge on any atom is 0.00682 e. The van der Waals surface area contributed by atoms with Crippen molar-refractivity contribution in [3.05, 3.63) is 0 Å². The molecule has 0 radical (unpaired) electrons. The van der Waals surface area contributed by atoms with Crippen LogP contribution in [0.4, 0.5) is 0 Å². The number of nitrogens with two attached hydrogens (primary N) is 1. The Labute approximate surface area is 56.8 Å². The third-order valence-electron chi connectivity index (χ3n) is 1.64. The Morgan fingerprint density at radius 3 is 2.67 bits per heavy atom. The minimum atomic E-state index is 0.840. The van der Waals surface area contributed by atoms with E-state index in [2.05, 4.69) is 5.32 Å². The third kappa shape index (κ3) is 3.49. The summed E-state index contributed by atoms with van der Waals surface area (Å²) in [6.07, 6.45) is 5.19. The van der Waals surface area contributed by atoms with Gasteiger partial charge < -0.3 is 11.1 Å². The SMILES string of the molecule is NCCCCNC1CC1. The summed E-state index contributed by atoms with van der Waals surface area (Å²) < 4.78 is 0. The molecule has 0 heterocycles. The fourth-order valence-electron chi connectivity index (χ4n) is 0.863. The van der Waals surface area contributed by atoms with Crippen LogP contribution in [-0.4, -0.2) is 19.1 Å². The highest BCUT2D eigenvalue weighted by molar-refractivity contribution is 4.80. The van der Waals surface area contributed by atoms with Crippen LogP contribution in [-0.2, 0) is 0 Å². The van der Waals surface area contributed by atoms with Crippen LogP contribution in [0.1, 0.15) is 25.7 Å². The molecule has 0 aromatic carbocycles. The Morgan fingerprint density at radius 1 is 1.33 bits per heavy atom. The van der Waals surface area contributed by atoms with Crippen LogP contribution in [0.2, 0.25) is 0 Å². The van der Waals surface area contributed by atoms with Gasteiger partial charge in [0.05, 0.1) is 0 Å². The van der Waals surface area contributed by atoms with E-state index in [9.17, 15) is 0 Å². The van der Waals surface area contributed by atoms with Gasteiger partial charge in [0.2, 0.25) is 0 Å². The maximum absolute atomic E-state index is 5.33. The van der Waals surface area contributed by atoms with E-state index in [-0.39, 0.29) is 0 Å².